The molecule has 0 aliphatic heterocycles. The average molecular weight is 246 g/mol. The van der Waals surface area contributed by atoms with Crippen molar-refractivity contribution in [3.63, 3.8) is 0 Å². The highest BCUT2D eigenvalue weighted by molar-refractivity contribution is 6.06. The van der Waals surface area contributed by atoms with Crippen molar-refractivity contribution in [3.05, 3.63) is 41.7 Å². The Hall–Kier alpha value is -2.34. The number of benzene rings is 1. The van der Waals surface area contributed by atoms with E-state index < -0.39 is 0 Å². The lowest BCUT2D eigenvalue weighted by molar-refractivity contribution is 0.102. The first-order valence-corrected chi connectivity index (χ1v) is 5.40. The number of nitrogen functional groups attached to an aromatic ring is 1. The smallest absolute Gasteiger partial charge is 0.278 e. The van der Waals surface area contributed by atoms with Gasteiger partial charge in [-0.2, -0.15) is 5.10 Å². The Morgan fingerprint density at radius 2 is 2.11 bits per heavy atom. The summed E-state index contributed by atoms with van der Waals surface area (Å²) in [6.07, 6.45) is 1.57. The second kappa shape index (κ2) is 4.89. The van der Waals surface area contributed by atoms with E-state index in [4.69, 9.17) is 10.8 Å². The number of hydrogen-bond acceptors (Lipinski definition) is 4. The SMILES string of the molecule is Cn1cc(N)c(C(=O)Nc2ccc(CO)cc2)n1. The van der Waals surface area contributed by atoms with E-state index >= 15 is 0 Å². The van der Waals surface area contributed by atoms with Crippen LogP contribution < -0.4 is 11.1 Å². The molecule has 0 aliphatic rings. The number of nitrogens with zero attached hydrogens (tertiary/aromatic N) is 2. The highest BCUT2D eigenvalue weighted by Gasteiger charge is 2.13. The third-order valence-corrected chi connectivity index (χ3v) is 2.47. The van der Waals surface area contributed by atoms with Gasteiger partial charge in [-0.05, 0) is 17.7 Å². The number of aliphatic hydroxyl groups is 1. The maximum atomic E-state index is 11.9. The molecule has 1 amide bonds. The van der Waals surface area contributed by atoms with Gasteiger partial charge in [0.05, 0.1) is 12.3 Å². The summed E-state index contributed by atoms with van der Waals surface area (Å²) < 4.78 is 1.49. The molecule has 0 radical (unpaired) electrons. The molecule has 0 saturated carbocycles. The molecule has 0 unspecified atom stereocenters. The molecule has 1 aromatic carbocycles. The highest BCUT2D eigenvalue weighted by Crippen LogP contribution is 2.13. The minimum atomic E-state index is -0.357. The zero-order valence-corrected chi connectivity index (χ0v) is 9.92. The molecule has 2 rings (SSSR count). The first kappa shape index (κ1) is 12.1. The second-order valence-corrected chi connectivity index (χ2v) is 3.92. The summed E-state index contributed by atoms with van der Waals surface area (Å²) in [4.78, 5) is 11.9. The summed E-state index contributed by atoms with van der Waals surface area (Å²) in [5, 5.41) is 15.6. The van der Waals surface area contributed by atoms with Crippen molar-refractivity contribution in [2.24, 2.45) is 7.05 Å². The van der Waals surface area contributed by atoms with E-state index in [1.165, 1.54) is 4.68 Å². The largest absolute Gasteiger partial charge is 0.396 e. The number of nitrogens with one attached hydrogen (secondary N) is 1. The summed E-state index contributed by atoms with van der Waals surface area (Å²) in [5.74, 6) is -0.357. The van der Waals surface area contributed by atoms with Gasteiger partial charge in [0.25, 0.3) is 5.91 Å². The number of anilines is 2. The van der Waals surface area contributed by atoms with Crippen molar-refractivity contribution in [3.8, 4) is 0 Å². The molecule has 18 heavy (non-hydrogen) atoms. The Bertz CT molecular complexity index is 560. The summed E-state index contributed by atoms with van der Waals surface area (Å²) in [6.45, 7) is -0.0264. The molecule has 0 spiro atoms. The monoisotopic (exact) mass is 246 g/mol. The standard InChI is InChI=1S/C12H14N4O2/c1-16-6-10(13)11(15-16)12(18)14-9-4-2-8(7-17)3-5-9/h2-6,17H,7,13H2,1H3,(H,14,18). The molecule has 4 N–H and O–H groups in total. The first-order valence-electron chi connectivity index (χ1n) is 5.40. The quantitative estimate of drug-likeness (QED) is 0.745. The number of amides is 1. The Balaban J connectivity index is 2.13. The van der Waals surface area contributed by atoms with Crippen molar-refractivity contribution in [1.29, 1.82) is 0 Å². The third-order valence-electron chi connectivity index (χ3n) is 2.47. The number of aryl methyl sites for hydroxylation is 1. The Kier molecular flexibility index (Phi) is 3.29. The number of rotatable bonds is 3. The van der Waals surface area contributed by atoms with Crippen molar-refractivity contribution < 1.29 is 9.90 Å². The minimum absolute atomic E-state index is 0.0264. The van der Waals surface area contributed by atoms with Gasteiger partial charge in [-0.25, -0.2) is 0 Å². The minimum Gasteiger partial charge on any atom is -0.396 e. The third kappa shape index (κ3) is 2.49. The van der Waals surface area contributed by atoms with Crippen LogP contribution in [-0.2, 0) is 13.7 Å². The molecule has 1 aromatic heterocycles. The second-order valence-electron chi connectivity index (χ2n) is 3.92. The Morgan fingerprint density at radius 1 is 1.44 bits per heavy atom. The maximum Gasteiger partial charge on any atom is 0.278 e. The summed E-state index contributed by atoms with van der Waals surface area (Å²) in [5.41, 5.74) is 7.61. The van der Waals surface area contributed by atoms with Crippen LogP contribution in [-0.4, -0.2) is 20.8 Å². The van der Waals surface area contributed by atoms with E-state index in [1.54, 1.807) is 37.5 Å². The molecule has 1 heterocycles. The van der Waals surface area contributed by atoms with Crippen LogP contribution in [0.4, 0.5) is 11.4 Å². The molecule has 6 heteroatoms. The van der Waals surface area contributed by atoms with Crippen molar-refractivity contribution >= 4 is 17.3 Å². The molecule has 2 aromatic rings. The van der Waals surface area contributed by atoms with E-state index in [2.05, 4.69) is 10.4 Å². The number of hydrogen-bond donors (Lipinski definition) is 3. The number of carbonyl (C=O) groups is 1. The molecule has 0 aliphatic carbocycles. The van der Waals surface area contributed by atoms with Crippen LogP contribution >= 0.6 is 0 Å². The molecule has 0 bridgehead atoms. The zero-order chi connectivity index (χ0) is 13.1. The fourth-order valence-electron chi connectivity index (χ4n) is 1.57. The van der Waals surface area contributed by atoms with E-state index in [-0.39, 0.29) is 18.2 Å². The van der Waals surface area contributed by atoms with Gasteiger partial charge >= 0.3 is 0 Å². The summed E-state index contributed by atoms with van der Waals surface area (Å²) in [7, 11) is 1.70. The Labute approximate surface area is 104 Å². The van der Waals surface area contributed by atoms with Crippen LogP contribution in [0, 0.1) is 0 Å². The van der Waals surface area contributed by atoms with Crippen molar-refractivity contribution in [2.75, 3.05) is 11.1 Å². The predicted molar refractivity (Wildman–Crippen MR) is 67.9 cm³/mol. The normalized spacial score (nSPS) is 10.3. The van der Waals surface area contributed by atoms with Gasteiger partial charge < -0.3 is 16.2 Å². The summed E-state index contributed by atoms with van der Waals surface area (Å²) in [6, 6.07) is 6.89. The lowest BCUT2D eigenvalue weighted by atomic mass is 10.2. The van der Waals surface area contributed by atoms with E-state index in [0.717, 1.165) is 5.56 Å². The number of carbonyl (C=O) groups excluding carboxylic acids is 1. The van der Waals surface area contributed by atoms with Gasteiger partial charge in [0.15, 0.2) is 5.69 Å². The van der Waals surface area contributed by atoms with Crippen LogP contribution in [0.1, 0.15) is 16.1 Å². The fraction of sp³-hybridized carbons (Fsp3) is 0.167. The lowest BCUT2D eigenvalue weighted by Gasteiger charge is -2.04. The molecular formula is C12H14N4O2. The number of aromatic nitrogens is 2. The molecule has 94 valence electrons. The zero-order valence-electron chi connectivity index (χ0n) is 9.92. The van der Waals surface area contributed by atoms with Crippen LogP contribution in [0.3, 0.4) is 0 Å². The van der Waals surface area contributed by atoms with Gasteiger partial charge in [0.2, 0.25) is 0 Å². The van der Waals surface area contributed by atoms with Gasteiger partial charge in [-0.1, -0.05) is 12.1 Å². The molecule has 0 atom stereocenters. The fourth-order valence-corrected chi connectivity index (χ4v) is 1.57. The average Bonchev–Trinajstić information content (AvgIpc) is 2.69. The van der Waals surface area contributed by atoms with Crippen LogP contribution in [0.5, 0.6) is 0 Å². The van der Waals surface area contributed by atoms with Gasteiger partial charge in [-0.3, -0.25) is 9.48 Å². The summed E-state index contributed by atoms with van der Waals surface area (Å²) >= 11 is 0. The van der Waals surface area contributed by atoms with Gasteiger partial charge in [-0.15, -0.1) is 0 Å². The number of aliphatic hydroxyl groups excluding tert-OH is 1. The first-order chi connectivity index (χ1) is 8.60. The van der Waals surface area contributed by atoms with Gasteiger partial charge in [0.1, 0.15) is 0 Å². The molecular weight excluding hydrogens is 232 g/mol. The van der Waals surface area contributed by atoms with Crippen LogP contribution in [0.15, 0.2) is 30.5 Å². The van der Waals surface area contributed by atoms with Crippen molar-refractivity contribution in [1.82, 2.24) is 9.78 Å². The molecule has 6 nitrogen and oxygen atoms in total. The topological polar surface area (TPSA) is 93.2 Å². The molecule has 0 fully saturated rings. The predicted octanol–water partition coefficient (Wildman–Crippen LogP) is 0.747. The van der Waals surface area contributed by atoms with Gasteiger partial charge in [0, 0.05) is 18.9 Å². The number of nitrogens with two attached hydrogens (primary N) is 1. The lowest BCUT2D eigenvalue weighted by Crippen LogP contribution is -2.14. The molecule has 0 saturated heterocycles. The van der Waals surface area contributed by atoms with Crippen LogP contribution in [0.25, 0.3) is 0 Å². The van der Waals surface area contributed by atoms with Crippen LogP contribution in [0.2, 0.25) is 0 Å². The van der Waals surface area contributed by atoms with E-state index in [9.17, 15) is 4.79 Å². The maximum absolute atomic E-state index is 11.9. The van der Waals surface area contributed by atoms with E-state index in [0.29, 0.717) is 11.4 Å². The highest BCUT2D eigenvalue weighted by atomic mass is 16.3. The van der Waals surface area contributed by atoms with E-state index in [1.807, 2.05) is 0 Å². The van der Waals surface area contributed by atoms with Crippen molar-refractivity contribution in [2.45, 2.75) is 6.61 Å². The Morgan fingerprint density at radius 3 is 2.61 bits per heavy atom.